The molecule has 0 spiro atoms. The lowest BCUT2D eigenvalue weighted by Crippen LogP contribution is -2.18. The molecule has 3 heteroatoms. The zero-order chi connectivity index (χ0) is 14.2. The van der Waals surface area contributed by atoms with Crippen LogP contribution in [-0.4, -0.2) is 20.3 Å². The Balaban J connectivity index is 1.95. The van der Waals surface area contributed by atoms with E-state index < -0.39 is 0 Å². The number of aryl methyl sites for hydroxylation is 1. The van der Waals surface area contributed by atoms with Gasteiger partial charge in [0.05, 0.1) is 6.61 Å². The maximum Gasteiger partial charge on any atom is 0.0587 e. The molecule has 0 heterocycles. The molecule has 0 atom stereocenters. The first-order chi connectivity index (χ1) is 9.79. The van der Waals surface area contributed by atoms with Gasteiger partial charge in [-0.05, 0) is 36.2 Å². The minimum atomic E-state index is 0.751. The molecule has 2 aromatic rings. The Bertz CT molecular complexity index is 528. The third-order valence-corrected chi connectivity index (χ3v) is 4.21. The van der Waals surface area contributed by atoms with Gasteiger partial charge in [-0.15, -0.1) is 0 Å². The van der Waals surface area contributed by atoms with Crippen LogP contribution in [0.2, 0.25) is 0 Å². The molecular formula is C17H21NOS. The van der Waals surface area contributed by atoms with E-state index in [2.05, 4.69) is 54.7 Å². The number of hydrogen-bond donors (Lipinski definition) is 1. The molecule has 20 heavy (non-hydrogen) atoms. The van der Waals surface area contributed by atoms with Crippen LogP contribution in [0.1, 0.15) is 11.1 Å². The third-order valence-electron chi connectivity index (χ3n) is 3.02. The molecule has 2 rings (SSSR count). The van der Waals surface area contributed by atoms with Crippen molar-refractivity contribution in [1.29, 1.82) is 0 Å². The summed E-state index contributed by atoms with van der Waals surface area (Å²) in [5.41, 5.74) is 2.64. The fraction of sp³-hybridized carbons (Fsp3) is 0.294. The van der Waals surface area contributed by atoms with Gasteiger partial charge in [0.2, 0.25) is 0 Å². The number of ether oxygens (including phenoxy) is 1. The average molecular weight is 287 g/mol. The molecular weight excluding hydrogens is 266 g/mol. The summed E-state index contributed by atoms with van der Waals surface area (Å²) in [7, 11) is 1.72. The Morgan fingerprint density at radius 3 is 2.60 bits per heavy atom. The number of rotatable bonds is 7. The summed E-state index contributed by atoms with van der Waals surface area (Å²) >= 11 is 1.81. The van der Waals surface area contributed by atoms with E-state index in [0.29, 0.717) is 0 Å². The van der Waals surface area contributed by atoms with Crippen LogP contribution in [0.5, 0.6) is 0 Å². The smallest absolute Gasteiger partial charge is 0.0587 e. The maximum atomic E-state index is 5.02. The first-order valence-electron chi connectivity index (χ1n) is 6.81. The van der Waals surface area contributed by atoms with Crippen LogP contribution >= 0.6 is 11.8 Å². The van der Waals surface area contributed by atoms with Crippen molar-refractivity contribution in [2.75, 3.05) is 20.3 Å². The summed E-state index contributed by atoms with van der Waals surface area (Å²) < 4.78 is 5.02. The zero-order valence-electron chi connectivity index (χ0n) is 12.1. The molecule has 1 N–H and O–H groups in total. The van der Waals surface area contributed by atoms with Crippen molar-refractivity contribution in [2.45, 2.75) is 23.3 Å². The predicted octanol–water partition coefficient (Wildman–Crippen LogP) is 3.88. The van der Waals surface area contributed by atoms with Gasteiger partial charge in [0.1, 0.15) is 0 Å². The van der Waals surface area contributed by atoms with E-state index in [9.17, 15) is 0 Å². The monoisotopic (exact) mass is 287 g/mol. The lowest BCUT2D eigenvalue weighted by Gasteiger charge is -2.09. The van der Waals surface area contributed by atoms with Crippen molar-refractivity contribution in [1.82, 2.24) is 5.32 Å². The van der Waals surface area contributed by atoms with Crippen LogP contribution in [0.4, 0.5) is 0 Å². The molecule has 106 valence electrons. The highest BCUT2D eigenvalue weighted by molar-refractivity contribution is 7.99. The van der Waals surface area contributed by atoms with E-state index in [1.54, 1.807) is 7.11 Å². The minimum Gasteiger partial charge on any atom is -0.383 e. The lowest BCUT2D eigenvalue weighted by molar-refractivity contribution is 0.199. The minimum absolute atomic E-state index is 0.751. The third kappa shape index (κ3) is 4.67. The van der Waals surface area contributed by atoms with Gasteiger partial charge >= 0.3 is 0 Å². The Hall–Kier alpha value is -1.29. The van der Waals surface area contributed by atoms with Crippen LogP contribution in [0.25, 0.3) is 0 Å². The van der Waals surface area contributed by atoms with E-state index in [-0.39, 0.29) is 0 Å². The average Bonchev–Trinajstić information content (AvgIpc) is 2.47. The molecule has 2 aromatic carbocycles. The summed E-state index contributed by atoms with van der Waals surface area (Å²) in [5, 5.41) is 3.37. The van der Waals surface area contributed by atoms with Crippen molar-refractivity contribution in [2.24, 2.45) is 0 Å². The fourth-order valence-corrected chi connectivity index (χ4v) is 2.86. The summed E-state index contributed by atoms with van der Waals surface area (Å²) in [6.45, 7) is 4.70. The van der Waals surface area contributed by atoms with Gasteiger partial charge < -0.3 is 10.1 Å². The van der Waals surface area contributed by atoms with Gasteiger partial charge in [0, 0.05) is 30.0 Å². The van der Waals surface area contributed by atoms with E-state index in [0.717, 1.165) is 19.7 Å². The molecule has 0 radical (unpaired) electrons. The topological polar surface area (TPSA) is 21.3 Å². The first-order valence-corrected chi connectivity index (χ1v) is 7.63. The highest BCUT2D eigenvalue weighted by Crippen LogP contribution is 2.30. The second kappa shape index (κ2) is 8.10. The van der Waals surface area contributed by atoms with Crippen LogP contribution in [0.3, 0.4) is 0 Å². The van der Waals surface area contributed by atoms with E-state index in [1.807, 2.05) is 17.8 Å². The Morgan fingerprint density at radius 1 is 1.10 bits per heavy atom. The second-order valence-electron chi connectivity index (χ2n) is 4.68. The van der Waals surface area contributed by atoms with E-state index in [4.69, 9.17) is 4.74 Å². The SMILES string of the molecule is COCCNCc1ccc(Sc2ccccc2)c(C)c1. The van der Waals surface area contributed by atoms with Crippen molar-refractivity contribution in [3.05, 3.63) is 59.7 Å². The van der Waals surface area contributed by atoms with Crippen molar-refractivity contribution in [3.8, 4) is 0 Å². The number of methoxy groups -OCH3 is 1. The molecule has 0 saturated carbocycles. The van der Waals surface area contributed by atoms with Crippen LogP contribution in [-0.2, 0) is 11.3 Å². The van der Waals surface area contributed by atoms with Crippen LogP contribution in [0, 0.1) is 6.92 Å². The Morgan fingerprint density at radius 2 is 1.90 bits per heavy atom. The Labute approximate surface area is 125 Å². The van der Waals surface area contributed by atoms with Crippen LogP contribution < -0.4 is 5.32 Å². The summed E-state index contributed by atoms with van der Waals surface area (Å²) in [6.07, 6.45) is 0. The number of nitrogens with one attached hydrogen (secondary N) is 1. The Kier molecular flexibility index (Phi) is 6.12. The van der Waals surface area contributed by atoms with Crippen LogP contribution in [0.15, 0.2) is 58.3 Å². The number of benzene rings is 2. The van der Waals surface area contributed by atoms with Gasteiger partial charge in [-0.3, -0.25) is 0 Å². The van der Waals surface area contributed by atoms with Crippen molar-refractivity contribution in [3.63, 3.8) is 0 Å². The summed E-state index contributed by atoms with van der Waals surface area (Å²) in [5.74, 6) is 0. The van der Waals surface area contributed by atoms with Gasteiger partial charge in [-0.25, -0.2) is 0 Å². The molecule has 0 aliphatic heterocycles. The van der Waals surface area contributed by atoms with E-state index in [1.165, 1.54) is 20.9 Å². The molecule has 0 saturated heterocycles. The first kappa shape index (κ1) is 15.1. The van der Waals surface area contributed by atoms with Gasteiger partial charge in [0.25, 0.3) is 0 Å². The zero-order valence-corrected chi connectivity index (χ0v) is 12.9. The van der Waals surface area contributed by atoms with E-state index >= 15 is 0 Å². The normalized spacial score (nSPS) is 10.7. The second-order valence-corrected chi connectivity index (χ2v) is 5.80. The molecule has 0 aliphatic rings. The van der Waals surface area contributed by atoms with Crippen molar-refractivity contribution >= 4 is 11.8 Å². The van der Waals surface area contributed by atoms with Crippen molar-refractivity contribution < 1.29 is 4.74 Å². The molecule has 0 unspecified atom stereocenters. The largest absolute Gasteiger partial charge is 0.383 e. The summed E-state index contributed by atoms with van der Waals surface area (Å²) in [4.78, 5) is 2.60. The number of hydrogen-bond acceptors (Lipinski definition) is 3. The van der Waals surface area contributed by atoms with Gasteiger partial charge in [-0.2, -0.15) is 0 Å². The van der Waals surface area contributed by atoms with Gasteiger partial charge in [0.15, 0.2) is 0 Å². The predicted molar refractivity (Wildman–Crippen MR) is 85.3 cm³/mol. The molecule has 0 amide bonds. The molecule has 0 fully saturated rings. The summed E-state index contributed by atoms with van der Waals surface area (Å²) in [6, 6.07) is 17.1. The molecule has 0 aliphatic carbocycles. The lowest BCUT2D eigenvalue weighted by atomic mass is 10.1. The maximum absolute atomic E-state index is 5.02. The fourth-order valence-electron chi connectivity index (χ4n) is 1.96. The quantitative estimate of drug-likeness (QED) is 0.781. The van der Waals surface area contributed by atoms with Gasteiger partial charge in [-0.1, -0.05) is 42.1 Å². The standard InChI is InChI=1S/C17H21NOS/c1-14-12-15(13-18-10-11-19-2)8-9-17(14)20-16-6-4-3-5-7-16/h3-9,12,18H,10-11,13H2,1-2H3. The molecule has 0 aromatic heterocycles. The highest BCUT2D eigenvalue weighted by Gasteiger charge is 2.02. The molecule has 2 nitrogen and oxygen atoms in total. The molecule has 0 bridgehead atoms. The highest BCUT2D eigenvalue weighted by atomic mass is 32.2.